The zero-order valence-corrected chi connectivity index (χ0v) is 15.0. The fourth-order valence-corrected chi connectivity index (χ4v) is 2.91. The summed E-state index contributed by atoms with van der Waals surface area (Å²) in [5, 5.41) is 7.50. The molecule has 6 heteroatoms. The van der Waals surface area contributed by atoms with Gasteiger partial charge >= 0.3 is 0 Å². The standard InChI is InChI=1S/C20H18N2O3S/c1-14-9-10-15(21-20(24)18-8-5-11-26-18)12-17(14)22-19(23)13-25-16-6-3-2-4-7-16/h2-12H,13H2,1H3,(H,21,24)(H,22,23). The molecule has 5 nitrogen and oxygen atoms in total. The minimum atomic E-state index is -0.265. The van der Waals surface area contributed by atoms with Crippen molar-refractivity contribution in [2.75, 3.05) is 17.2 Å². The van der Waals surface area contributed by atoms with Gasteiger partial charge in [0.15, 0.2) is 6.61 Å². The highest BCUT2D eigenvalue weighted by molar-refractivity contribution is 7.12. The zero-order valence-electron chi connectivity index (χ0n) is 14.2. The summed E-state index contributed by atoms with van der Waals surface area (Å²) in [5.41, 5.74) is 2.15. The Morgan fingerprint density at radius 3 is 2.54 bits per heavy atom. The molecule has 0 saturated carbocycles. The van der Waals surface area contributed by atoms with Crippen molar-refractivity contribution in [1.29, 1.82) is 0 Å². The van der Waals surface area contributed by atoms with Crippen molar-refractivity contribution >= 4 is 34.5 Å². The van der Waals surface area contributed by atoms with Crippen LogP contribution in [0.1, 0.15) is 15.2 Å². The van der Waals surface area contributed by atoms with Crippen molar-refractivity contribution in [3.05, 3.63) is 76.5 Å². The Hall–Kier alpha value is -3.12. The molecule has 0 aliphatic heterocycles. The number of benzene rings is 2. The molecule has 0 atom stereocenters. The summed E-state index contributed by atoms with van der Waals surface area (Å²) < 4.78 is 5.44. The van der Waals surface area contributed by atoms with E-state index in [0.29, 0.717) is 22.0 Å². The molecule has 3 rings (SSSR count). The third-order valence-corrected chi connectivity index (χ3v) is 4.50. The number of para-hydroxylation sites is 1. The lowest BCUT2D eigenvalue weighted by Crippen LogP contribution is -2.21. The molecule has 0 spiro atoms. The molecule has 2 N–H and O–H groups in total. The van der Waals surface area contributed by atoms with Gasteiger partial charge in [0.05, 0.1) is 4.88 Å². The van der Waals surface area contributed by atoms with E-state index in [0.717, 1.165) is 5.56 Å². The van der Waals surface area contributed by atoms with Gasteiger partial charge in [-0.1, -0.05) is 30.3 Å². The maximum absolute atomic E-state index is 12.1. The van der Waals surface area contributed by atoms with Gasteiger partial charge in [-0.3, -0.25) is 9.59 Å². The van der Waals surface area contributed by atoms with Gasteiger partial charge in [0.2, 0.25) is 0 Å². The molecule has 1 heterocycles. The van der Waals surface area contributed by atoms with Gasteiger partial charge in [0.25, 0.3) is 11.8 Å². The second kappa shape index (κ2) is 8.31. The van der Waals surface area contributed by atoms with Crippen molar-refractivity contribution in [3.63, 3.8) is 0 Å². The molecule has 1 aromatic heterocycles. The monoisotopic (exact) mass is 366 g/mol. The molecule has 0 aliphatic carbocycles. The first-order valence-corrected chi connectivity index (χ1v) is 8.93. The predicted molar refractivity (Wildman–Crippen MR) is 104 cm³/mol. The Morgan fingerprint density at radius 1 is 1.00 bits per heavy atom. The van der Waals surface area contributed by atoms with E-state index in [2.05, 4.69) is 10.6 Å². The fraction of sp³-hybridized carbons (Fsp3) is 0.100. The molecule has 132 valence electrons. The first kappa shape index (κ1) is 17.7. The molecule has 0 radical (unpaired) electrons. The summed E-state index contributed by atoms with van der Waals surface area (Å²) in [6.07, 6.45) is 0. The molecular weight excluding hydrogens is 348 g/mol. The van der Waals surface area contributed by atoms with Gasteiger partial charge in [-0.2, -0.15) is 0 Å². The van der Waals surface area contributed by atoms with Crippen LogP contribution in [-0.4, -0.2) is 18.4 Å². The van der Waals surface area contributed by atoms with Crippen LogP contribution >= 0.6 is 11.3 Å². The van der Waals surface area contributed by atoms with Gasteiger partial charge in [-0.05, 0) is 48.2 Å². The number of hydrogen-bond acceptors (Lipinski definition) is 4. The van der Waals surface area contributed by atoms with Crippen LogP contribution in [0.3, 0.4) is 0 Å². The number of rotatable bonds is 6. The van der Waals surface area contributed by atoms with E-state index in [1.807, 2.05) is 42.6 Å². The van der Waals surface area contributed by atoms with Crippen molar-refractivity contribution in [2.45, 2.75) is 6.92 Å². The highest BCUT2D eigenvalue weighted by Crippen LogP contribution is 2.21. The first-order chi connectivity index (χ1) is 12.6. The highest BCUT2D eigenvalue weighted by Gasteiger charge is 2.10. The molecule has 0 unspecified atom stereocenters. The van der Waals surface area contributed by atoms with E-state index in [9.17, 15) is 9.59 Å². The van der Waals surface area contributed by atoms with E-state index in [-0.39, 0.29) is 18.4 Å². The summed E-state index contributed by atoms with van der Waals surface area (Å²) >= 11 is 1.37. The Labute approximate surface area is 155 Å². The normalized spacial score (nSPS) is 10.2. The van der Waals surface area contributed by atoms with Gasteiger partial charge in [0.1, 0.15) is 5.75 Å². The third kappa shape index (κ3) is 4.70. The summed E-state index contributed by atoms with van der Waals surface area (Å²) in [4.78, 5) is 24.9. The molecule has 26 heavy (non-hydrogen) atoms. The number of hydrogen-bond donors (Lipinski definition) is 2. The van der Waals surface area contributed by atoms with Crippen molar-refractivity contribution < 1.29 is 14.3 Å². The second-order valence-corrected chi connectivity index (χ2v) is 6.56. The molecule has 2 aromatic carbocycles. The minimum absolute atomic E-state index is 0.0881. The second-order valence-electron chi connectivity index (χ2n) is 5.61. The van der Waals surface area contributed by atoms with Crippen molar-refractivity contribution in [2.24, 2.45) is 0 Å². The average Bonchev–Trinajstić information content (AvgIpc) is 3.18. The van der Waals surface area contributed by atoms with Crippen LogP contribution in [0.4, 0.5) is 11.4 Å². The molecule has 3 aromatic rings. The first-order valence-electron chi connectivity index (χ1n) is 8.05. The molecule has 0 fully saturated rings. The lowest BCUT2D eigenvalue weighted by atomic mass is 10.1. The van der Waals surface area contributed by atoms with Gasteiger partial charge < -0.3 is 15.4 Å². The minimum Gasteiger partial charge on any atom is -0.484 e. The van der Waals surface area contributed by atoms with Gasteiger partial charge in [0, 0.05) is 11.4 Å². The van der Waals surface area contributed by atoms with E-state index in [1.54, 1.807) is 30.3 Å². The number of carbonyl (C=O) groups excluding carboxylic acids is 2. The fourth-order valence-electron chi connectivity index (χ4n) is 2.29. The number of carbonyl (C=O) groups is 2. The zero-order chi connectivity index (χ0) is 18.4. The molecular formula is C20H18N2O3S. The Morgan fingerprint density at radius 2 is 1.81 bits per heavy atom. The van der Waals surface area contributed by atoms with Crippen LogP contribution in [-0.2, 0) is 4.79 Å². The van der Waals surface area contributed by atoms with Crippen LogP contribution in [0.25, 0.3) is 0 Å². The Bertz CT molecular complexity index is 893. The predicted octanol–water partition coefficient (Wildman–Crippen LogP) is 4.33. The quantitative estimate of drug-likeness (QED) is 0.682. The van der Waals surface area contributed by atoms with Gasteiger partial charge in [-0.25, -0.2) is 0 Å². The van der Waals surface area contributed by atoms with E-state index < -0.39 is 0 Å². The maximum atomic E-state index is 12.1. The van der Waals surface area contributed by atoms with E-state index in [4.69, 9.17) is 4.74 Å². The molecule has 0 aliphatic rings. The number of ether oxygens (including phenoxy) is 1. The topological polar surface area (TPSA) is 67.4 Å². The Balaban J connectivity index is 1.62. The molecule has 0 saturated heterocycles. The van der Waals surface area contributed by atoms with Crippen LogP contribution in [0.2, 0.25) is 0 Å². The Kier molecular flexibility index (Phi) is 5.66. The lowest BCUT2D eigenvalue weighted by Gasteiger charge is -2.12. The maximum Gasteiger partial charge on any atom is 0.265 e. The number of aryl methyl sites for hydroxylation is 1. The van der Waals surface area contributed by atoms with Crippen LogP contribution in [0.5, 0.6) is 5.75 Å². The lowest BCUT2D eigenvalue weighted by molar-refractivity contribution is -0.118. The van der Waals surface area contributed by atoms with Gasteiger partial charge in [-0.15, -0.1) is 11.3 Å². The summed E-state index contributed by atoms with van der Waals surface area (Å²) in [7, 11) is 0. The smallest absolute Gasteiger partial charge is 0.265 e. The largest absolute Gasteiger partial charge is 0.484 e. The van der Waals surface area contributed by atoms with Crippen molar-refractivity contribution in [3.8, 4) is 5.75 Å². The van der Waals surface area contributed by atoms with Crippen LogP contribution in [0, 0.1) is 6.92 Å². The number of amides is 2. The third-order valence-electron chi connectivity index (χ3n) is 3.63. The van der Waals surface area contributed by atoms with Crippen LogP contribution in [0.15, 0.2) is 66.0 Å². The molecule has 2 amide bonds. The number of anilines is 2. The average molecular weight is 366 g/mol. The number of nitrogens with one attached hydrogen (secondary N) is 2. The summed E-state index contributed by atoms with van der Waals surface area (Å²) in [6.45, 7) is 1.80. The van der Waals surface area contributed by atoms with E-state index in [1.165, 1.54) is 11.3 Å². The van der Waals surface area contributed by atoms with Crippen LogP contribution < -0.4 is 15.4 Å². The highest BCUT2D eigenvalue weighted by atomic mass is 32.1. The summed E-state index contributed by atoms with van der Waals surface area (Å²) in [6, 6.07) is 18.1. The SMILES string of the molecule is Cc1ccc(NC(=O)c2cccs2)cc1NC(=O)COc1ccccc1. The molecule has 0 bridgehead atoms. The van der Waals surface area contributed by atoms with Crippen molar-refractivity contribution in [1.82, 2.24) is 0 Å². The van der Waals surface area contributed by atoms with E-state index >= 15 is 0 Å². The number of thiophene rings is 1. The summed E-state index contributed by atoms with van der Waals surface area (Å²) in [5.74, 6) is 0.198.